The Kier molecular flexibility index (Phi) is 6.03. The largest absolute Gasteiger partial charge is 0.492 e. The minimum Gasteiger partial charge on any atom is -0.492 e. The van der Waals surface area contributed by atoms with Gasteiger partial charge in [0, 0.05) is 18.4 Å². The molecule has 0 spiro atoms. The molecule has 0 heterocycles. The highest BCUT2D eigenvalue weighted by atomic mass is 16.5. The average molecular weight is 363 g/mol. The van der Waals surface area contributed by atoms with E-state index in [-0.39, 0.29) is 22.8 Å². The molecule has 1 aliphatic rings. The lowest BCUT2D eigenvalue weighted by Crippen LogP contribution is -2.75. The zero-order valence-electron chi connectivity index (χ0n) is 17.0. The van der Waals surface area contributed by atoms with Crippen LogP contribution in [0.15, 0.2) is 24.3 Å². The number of nitrogens with one attached hydrogen (secondary N) is 1. The molecular formula is C21H34N2O3. The molecule has 0 saturated heterocycles. The summed E-state index contributed by atoms with van der Waals surface area (Å²) < 4.78 is 11.5. The van der Waals surface area contributed by atoms with Crippen molar-refractivity contribution in [3.8, 4) is 5.75 Å². The number of carbonyl (C=O) groups is 1. The zero-order chi connectivity index (χ0) is 19.6. The summed E-state index contributed by atoms with van der Waals surface area (Å²) in [7, 11) is 0. The van der Waals surface area contributed by atoms with Gasteiger partial charge in [0.2, 0.25) is 5.91 Å². The number of ether oxygens (including phenoxy) is 2. The molecule has 5 nitrogen and oxygen atoms in total. The van der Waals surface area contributed by atoms with E-state index in [9.17, 15) is 4.79 Å². The van der Waals surface area contributed by atoms with Crippen LogP contribution in [0.3, 0.4) is 0 Å². The first kappa shape index (κ1) is 20.7. The van der Waals surface area contributed by atoms with E-state index in [2.05, 4.69) is 32.2 Å². The highest BCUT2D eigenvalue weighted by molar-refractivity contribution is 5.88. The van der Waals surface area contributed by atoms with Crippen molar-refractivity contribution in [3.05, 3.63) is 29.8 Å². The molecule has 2 atom stereocenters. The van der Waals surface area contributed by atoms with Crippen LogP contribution < -0.4 is 15.8 Å². The van der Waals surface area contributed by atoms with Crippen LogP contribution in [0.2, 0.25) is 0 Å². The molecule has 5 heteroatoms. The van der Waals surface area contributed by atoms with Crippen LogP contribution in [0.1, 0.15) is 53.5 Å². The highest BCUT2D eigenvalue weighted by Crippen LogP contribution is 2.49. The Morgan fingerprint density at radius 1 is 1.35 bits per heavy atom. The summed E-state index contributed by atoms with van der Waals surface area (Å²) in [5, 5.41) is 2.91. The van der Waals surface area contributed by atoms with Gasteiger partial charge >= 0.3 is 0 Å². The normalized spacial score (nSPS) is 24.7. The summed E-state index contributed by atoms with van der Waals surface area (Å²) in [6.07, 6.45) is 0.577. The molecule has 1 aromatic carbocycles. The molecule has 1 aromatic rings. The number of nitrogens with two attached hydrogens (primary N) is 1. The van der Waals surface area contributed by atoms with E-state index >= 15 is 0 Å². The van der Waals surface area contributed by atoms with E-state index in [4.69, 9.17) is 15.2 Å². The van der Waals surface area contributed by atoms with Gasteiger partial charge in [-0.25, -0.2) is 0 Å². The standard InChI is InChI=1S/C21H34N2O3/c1-7-25-17-14-21(22,20(17,5)6)18(24)23-11-12-26-16-10-8-9-15(13-16)19(2,3)4/h8-10,13,17H,7,11-12,14,22H2,1-6H3,(H,23,24). The Morgan fingerprint density at radius 3 is 2.62 bits per heavy atom. The summed E-state index contributed by atoms with van der Waals surface area (Å²) >= 11 is 0. The number of amides is 1. The number of hydrogen-bond donors (Lipinski definition) is 2. The maximum atomic E-state index is 12.6. The lowest BCUT2D eigenvalue weighted by atomic mass is 9.54. The molecule has 146 valence electrons. The number of benzene rings is 1. The zero-order valence-corrected chi connectivity index (χ0v) is 17.0. The second-order valence-electron chi connectivity index (χ2n) is 8.72. The van der Waals surface area contributed by atoms with Crippen LogP contribution in [0.4, 0.5) is 0 Å². The fraction of sp³-hybridized carbons (Fsp3) is 0.667. The lowest BCUT2D eigenvalue weighted by Gasteiger charge is -2.57. The van der Waals surface area contributed by atoms with Gasteiger partial charge in [0.05, 0.1) is 12.6 Å². The molecule has 2 unspecified atom stereocenters. The van der Waals surface area contributed by atoms with Crippen molar-refractivity contribution in [2.75, 3.05) is 19.8 Å². The maximum Gasteiger partial charge on any atom is 0.240 e. The molecule has 1 fully saturated rings. The summed E-state index contributed by atoms with van der Waals surface area (Å²) in [4.78, 5) is 12.6. The molecular weight excluding hydrogens is 328 g/mol. The fourth-order valence-corrected chi connectivity index (χ4v) is 3.36. The molecule has 26 heavy (non-hydrogen) atoms. The predicted octanol–water partition coefficient (Wildman–Crippen LogP) is 3.01. The number of carbonyl (C=O) groups excluding carboxylic acids is 1. The first-order valence-corrected chi connectivity index (χ1v) is 9.44. The summed E-state index contributed by atoms with van der Waals surface area (Å²) in [5.41, 5.74) is 6.40. The summed E-state index contributed by atoms with van der Waals surface area (Å²) in [6.45, 7) is 13.9. The van der Waals surface area contributed by atoms with Crippen molar-refractivity contribution in [2.45, 2.75) is 65.0 Å². The topological polar surface area (TPSA) is 73.6 Å². The Labute approximate surface area is 157 Å². The van der Waals surface area contributed by atoms with E-state index in [0.29, 0.717) is 26.2 Å². The average Bonchev–Trinajstić information content (AvgIpc) is 2.57. The second kappa shape index (κ2) is 7.57. The van der Waals surface area contributed by atoms with Gasteiger partial charge in [-0.15, -0.1) is 0 Å². The first-order chi connectivity index (χ1) is 12.0. The van der Waals surface area contributed by atoms with Gasteiger partial charge in [-0.05, 0) is 30.0 Å². The van der Waals surface area contributed by atoms with Crippen LogP contribution in [0.5, 0.6) is 5.75 Å². The van der Waals surface area contributed by atoms with E-state index in [1.165, 1.54) is 5.56 Å². The molecule has 1 aliphatic carbocycles. The van der Waals surface area contributed by atoms with E-state index in [1.54, 1.807) is 0 Å². The molecule has 1 saturated carbocycles. The van der Waals surface area contributed by atoms with Gasteiger partial charge in [-0.1, -0.05) is 46.8 Å². The number of hydrogen-bond acceptors (Lipinski definition) is 4. The summed E-state index contributed by atoms with van der Waals surface area (Å²) in [5.74, 6) is 0.681. The minimum absolute atomic E-state index is 0.0274. The van der Waals surface area contributed by atoms with Gasteiger partial charge in [-0.2, -0.15) is 0 Å². The molecule has 0 aromatic heterocycles. The first-order valence-electron chi connectivity index (χ1n) is 9.44. The fourth-order valence-electron chi connectivity index (χ4n) is 3.36. The van der Waals surface area contributed by atoms with Crippen LogP contribution >= 0.6 is 0 Å². The SMILES string of the molecule is CCOC1CC(N)(C(=O)NCCOc2cccc(C(C)(C)C)c2)C1(C)C. The summed E-state index contributed by atoms with van der Waals surface area (Å²) in [6, 6.07) is 8.07. The lowest BCUT2D eigenvalue weighted by molar-refractivity contribution is -0.170. The monoisotopic (exact) mass is 362 g/mol. The van der Waals surface area contributed by atoms with Crippen LogP contribution in [-0.2, 0) is 14.9 Å². The van der Waals surface area contributed by atoms with E-state index < -0.39 is 5.54 Å². The highest BCUT2D eigenvalue weighted by Gasteiger charge is 2.62. The third-order valence-electron chi connectivity index (χ3n) is 5.59. The van der Waals surface area contributed by atoms with Crippen molar-refractivity contribution in [1.82, 2.24) is 5.32 Å². The van der Waals surface area contributed by atoms with Gasteiger partial charge in [-0.3, -0.25) is 4.79 Å². The van der Waals surface area contributed by atoms with E-state index in [0.717, 1.165) is 5.75 Å². The number of rotatable bonds is 7. The van der Waals surface area contributed by atoms with Crippen molar-refractivity contribution in [2.24, 2.45) is 11.1 Å². The third-order valence-corrected chi connectivity index (χ3v) is 5.59. The molecule has 0 bridgehead atoms. The Balaban J connectivity index is 1.83. The molecule has 1 amide bonds. The van der Waals surface area contributed by atoms with Crippen molar-refractivity contribution < 1.29 is 14.3 Å². The Hall–Kier alpha value is -1.59. The van der Waals surface area contributed by atoms with Crippen molar-refractivity contribution >= 4 is 5.91 Å². The van der Waals surface area contributed by atoms with Crippen LogP contribution in [0.25, 0.3) is 0 Å². The molecule has 0 aliphatic heterocycles. The van der Waals surface area contributed by atoms with Crippen molar-refractivity contribution in [3.63, 3.8) is 0 Å². The third kappa shape index (κ3) is 4.04. The van der Waals surface area contributed by atoms with Gasteiger partial charge < -0.3 is 20.5 Å². The van der Waals surface area contributed by atoms with E-state index in [1.807, 2.05) is 39.0 Å². The minimum atomic E-state index is -0.890. The maximum absolute atomic E-state index is 12.6. The predicted molar refractivity (Wildman–Crippen MR) is 104 cm³/mol. The second-order valence-corrected chi connectivity index (χ2v) is 8.72. The van der Waals surface area contributed by atoms with Crippen molar-refractivity contribution in [1.29, 1.82) is 0 Å². The molecule has 2 rings (SSSR count). The van der Waals surface area contributed by atoms with Gasteiger partial charge in [0.25, 0.3) is 0 Å². The molecule has 3 N–H and O–H groups in total. The van der Waals surface area contributed by atoms with Crippen LogP contribution in [0, 0.1) is 5.41 Å². The Morgan fingerprint density at radius 2 is 2.04 bits per heavy atom. The smallest absolute Gasteiger partial charge is 0.240 e. The Bertz CT molecular complexity index is 636. The van der Waals surface area contributed by atoms with Gasteiger partial charge in [0.1, 0.15) is 17.9 Å². The van der Waals surface area contributed by atoms with Crippen LogP contribution in [-0.4, -0.2) is 37.3 Å². The van der Waals surface area contributed by atoms with Gasteiger partial charge in [0.15, 0.2) is 0 Å². The molecule has 0 radical (unpaired) electrons. The quantitative estimate of drug-likeness (QED) is 0.731.